The van der Waals surface area contributed by atoms with Crippen molar-refractivity contribution in [2.45, 2.75) is 19.4 Å². The van der Waals surface area contributed by atoms with Crippen LogP contribution >= 0.6 is 0 Å². The van der Waals surface area contributed by atoms with E-state index < -0.39 is 21.9 Å². The molecule has 0 N–H and O–H groups in total. The first kappa shape index (κ1) is 22.0. The molecule has 0 aromatic heterocycles. The SMILES string of the molecule is CC[C@H](C(=O)N1CCN(c2ccc(F)cc2)CC1)N(c1ccccc1F)S(C)(=O)=O. The van der Waals surface area contributed by atoms with Crippen LogP contribution in [0.5, 0.6) is 0 Å². The van der Waals surface area contributed by atoms with E-state index in [1.54, 1.807) is 24.0 Å². The molecule has 1 aliphatic rings. The lowest BCUT2D eigenvalue weighted by molar-refractivity contribution is -0.132. The molecule has 1 atom stereocenters. The van der Waals surface area contributed by atoms with Crippen LogP contribution in [0.3, 0.4) is 0 Å². The minimum Gasteiger partial charge on any atom is -0.368 e. The highest BCUT2D eigenvalue weighted by Gasteiger charge is 2.36. The van der Waals surface area contributed by atoms with Crippen LogP contribution < -0.4 is 9.21 Å². The molecular weight excluding hydrogens is 412 g/mol. The van der Waals surface area contributed by atoms with Gasteiger partial charge in [0.05, 0.1) is 11.9 Å². The van der Waals surface area contributed by atoms with Gasteiger partial charge in [-0.2, -0.15) is 0 Å². The van der Waals surface area contributed by atoms with Gasteiger partial charge < -0.3 is 9.80 Å². The molecular formula is C21H25F2N3O3S. The van der Waals surface area contributed by atoms with E-state index in [-0.39, 0.29) is 23.8 Å². The van der Waals surface area contributed by atoms with E-state index in [4.69, 9.17) is 0 Å². The molecule has 0 aliphatic carbocycles. The van der Waals surface area contributed by atoms with E-state index in [0.717, 1.165) is 16.2 Å². The Labute approximate surface area is 175 Å². The van der Waals surface area contributed by atoms with E-state index in [1.807, 2.05) is 4.90 Å². The Morgan fingerprint density at radius 3 is 2.17 bits per heavy atom. The summed E-state index contributed by atoms with van der Waals surface area (Å²) in [7, 11) is -3.89. The normalized spacial score (nSPS) is 15.7. The molecule has 1 heterocycles. The molecule has 2 aromatic carbocycles. The fraction of sp³-hybridized carbons (Fsp3) is 0.381. The summed E-state index contributed by atoms with van der Waals surface area (Å²) < 4.78 is 53.4. The van der Waals surface area contributed by atoms with E-state index in [9.17, 15) is 22.0 Å². The number of amides is 1. The maximum atomic E-state index is 14.4. The molecule has 1 saturated heterocycles. The number of carbonyl (C=O) groups excluding carboxylic acids is 1. The third-order valence-electron chi connectivity index (χ3n) is 5.19. The Morgan fingerprint density at radius 1 is 1.03 bits per heavy atom. The van der Waals surface area contributed by atoms with Gasteiger partial charge in [-0.3, -0.25) is 9.10 Å². The van der Waals surface area contributed by atoms with Crippen LogP contribution in [0.25, 0.3) is 0 Å². The molecule has 2 aromatic rings. The second-order valence-corrected chi connectivity index (χ2v) is 9.08. The van der Waals surface area contributed by atoms with Gasteiger partial charge in [-0.25, -0.2) is 17.2 Å². The largest absolute Gasteiger partial charge is 0.368 e. The second kappa shape index (κ2) is 8.99. The summed E-state index contributed by atoms with van der Waals surface area (Å²) in [6.45, 7) is 3.55. The van der Waals surface area contributed by atoms with Gasteiger partial charge in [0.25, 0.3) is 0 Å². The fourth-order valence-electron chi connectivity index (χ4n) is 3.70. The Morgan fingerprint density at radius 2 is 1.63 bits per heavy atom. The highest BCUT2D eigenvalue weighted by molar-refractivity contribution is 7.92. The van der Waals surface area contributed by atoms with Crippen molar-refractivity contribution in [2.24, 2.45) is 0 Å². The van der Waals surface area contributed by atoms with Crippen LogP contribution in [0.15, 0.2) is 48.5 Å². The predicted molar refractivity (Wildman–Crippen MR) is 113 cm³/mol. The molecule has 1 fully saturated rings. The first-order valence-electron chi connectivity index (χ1n) is 9.75. The highest BCUT2D eigenvalue weighted by Crippen LogP contribution is 2.27. The van der Waals surface area contributed by atoms with Gasteiger partial charge in [0.2, 0.25) is 15.9 Å². The zero-order valence-electron chi connectivity index (χ0n) is 17.0. The monoisotopic (exact) mass is 437 g/mol. The second-order valence-electron chi connectivity index (χ2n) is 7.22. The Hall–Kier alpha value is -2.68. The van der Waals surface area contributed by atoms with Crippen molar-refractivity contribution in [3.63, 3.8) is 0 Å². The van der Waals surface area contributed by atoms with Gasteiger partial charge in [0, 0.05) is 31.9 Å². The van der Waals surface area contributed by atoms with Crippen molar-refractivity contribution in [2.75, 3.05) is 41.6 Å². The standard InChI is InChI=1S/C21H25F2N3O3S/c1-3-19(26(30(2,28)29)20-7-5-4-6-18(20)23)21(27)25-14-12-24(13-15-25)17-10-8-16(22)9-11-17/h4-11,19H,3,12-15H2,1-2H3/t19-/m1/s1. The molecule has 1 amide bonds. The number of benzene rings is 2. The zero-order chi connectivity index (χ0) is 21.9. The number of rotatable bonds is 6. The van der Waals surface area contributed by atoms with Crippen LogP contribution in [-0.4, -0.2) is 57.7 Å². The van der Waals surface area contributed by atoms with Crippen LogP contribution in [0.1, 0.15) is 13.3 Å². The first-order chi connectivity index (χ1) is 14.2. The molecule has 6 nitrogen and oxygen atoms in total. The maximum absolute atomic E-state index is 14.4. The number of hydrogen-bond donors (Lipinski definition) is 0. The van der Waals surface area contributed by atoms with Crippen LogP contribution in [-0.2, 0) is 14.8 Å². The fourth-order valence-corrected chi connectivity index (χ4v) is 4.90. The summed E-state index contributed by atoms with van der Waals surface area (Å²) in [5, 5.41) is 0. The van der Waals surface area contributed by atoms with E-state index >= 15 is 0 Å². The summed E-state index contributed by atoms with van der Waals surface area (Å²) in [5.74, 6) is -1.37. The molecule has 0 saturated carbocycles. The van der Waals surface area contributed by atoms with Crippen molar-refractivity contribution in [1.29, 1.82) is 0 Å². The first-order valence-corrected chi connectivity index (χ1v) is 11.6. The topological polar surface area (TPSA) is 60.9 Å². The number of carbonyl (C=O) groups is 1. The highest BCUT2D eigenvalue weighted by atomic mass is 32.2. The molecule has 0 spiro atoms. The summed E-state index contributed by atoms with van der Waals surface area (Å²) in [6, 6.07) is 10.7. The van der Waals surface area contributed by atoms with E-state index in [2.05, 4.69) is 0 Å². The summed E-state index contributed by atoms with van der Waals surface area (Å²) in [5.41, 5.74) is 0.727. The molecule has 3 rings (SSSR count). The number of nitrogens with zero attached hydrogens (tertiary/aromatic N) is 3. The Kier molecular flexibility index (Phi) is 6.60. The van der Waals surface area contributed by atoms with E-state index in [1.165, 1.54) is 36.4 Å². The van der Waals surface area contributed by atoms with Crippen LogP contribution in [0.2, 0.25) is 0 Å². The third-order valence-corrected chi connectivity index (χ3v) is 6.35. The average Bonchev–Trinajstić information content (AvgIpc) is 2.72. The Balaban J connectivity index is 1.78. The number of hydrogen-bond acceptors (Lipinski definition) is 4. The number of anilines is 2. The molecule has 0 radical (unpaired) electrons. The zero-order valence-corrected chi connectivity index (χ0v) is 17.8. The van der Waals surface area contributed by atoms with Gasteiger partial charge in [-0.1, -0.05) is 19.1 Å². The average molecular weight is 438 g/mol. The number of sulfonamides is 1. The Bertz CT molecular complexity index is 991. The van der Waals surface area contributed by atoms with Gasteiger partial charge >= 0.3 is 0 Å². The van der Waals surface area contributed by atoms with Gasteiger partial charge in [-0.15, -0.1) is 0 Å². The maximum Gasteiger partial charge on any atom is 0.246 e. The molecule has 162 valence electrons. The third kappa shape index (κ3) is 4.72. The number of halogens is 2. The molecule has 1 aliphatic heterocycles. The van der Waals surface area contributed by atoms with Crippen molar-refractivity contribution in [3.8, 4) is 0 Å². The number of para-hydroxylation sites is 1. The van der Waals surface area contributed by atoms with Gasteiger partial charge in [0.15, 0.2) is 0 Å². The lowest BCUT2D eigenvalue weighted by atomic mass is 10.1. The van der Waals surface area contributed by atoms with Gasteiger partial charge in [0.1, 0.15) is 17.7 Å². The summed E-state index contributed by atoms with van der Waals surface area (Å²) >= 11 is 0. The summed E-state index contributed by atoms with van der Waals surface area (Å²) in [4.78, 5) is 16.9. The van der Waals surface area contributed by atoms with Crippen molar-refractivity contribution >= 4 is 27.3 Å². The molecule has 30 heavy (non-hydrogen) atoms. The molecule has 9 heteroatoms. The van der Waals surface area contributed by atoms with Crippen LogP contribution in [0, 0.1) is 11.6 Å². The minimum atomic E-state index is -3.89. The predicted octanol–water partition coefficient (Wildman–Crippen LogP) is 2.86. The number of piperazine rings is 1. The minimum absolute atomic E-state index is 0.134. The lowest BCUT2D eigenvalue weighted by Crippen LogP contribution is -2.56. The van der Waals surface area contributed by atoms with E-state index in [0.29, 0.717) is 26.2 Å². The van der Waals surface area contributed by atoms with Gasteiger partial charge in [-0.05, 0) is 42.8 Å². The summed E-state index contributed by atoms with van der Waals surface area (Å²) in [6.07, 6.45) is 1.18. The van der Waals surface area contributed by atoms with Crippen molar-refractivity contribution in [1.82, 2.24) is 4.90 Å². The van der Waals surface area contributed by atoms with Crippen LogP contribution in [0.4, 0.5) is 20.2 Å². The quantitative estimate of drug-likeness (QED) is 0.697. The molecule has 0 bridgehead atoms. The lowest BCUT2D eigenvalue weighted by Gasteiger charge is -2.39. The van der Waals surface area contributed by atoms with Crippen molar-refractivity contribution < 1.29 is 22.0 Å². The smallest absolute Gasteiger partial charge is 0.246 e. The van der Waals surface area contributed by atoms with Crippen molar-refractivity contribution in [3.05, 3.63) is 60.2 Å². The molecule has 0 unspecified atom stereocenters.